The van der Waals surface area contributed by atoms with Crippen molar-refractivity contribution >= 4 is 23.2 Å². The van der Waals surface area contributed by atoms with E-state index < -0.39 is 0 Å². The van der Waals surface area contributed by atoms with Crippen LogP contribution in [0.15, 0.2) is 48.1 Å². The Balaban J connectivity index is 1.79. The Morgan fingerprint density at radius 2 is 1.88 bits per heavy atom. The first-order valence-corrected chi connectivity index (χ1v) is 8.82. The van der Waals surface area contributed by atoms with Gasteiger partial charge < -0.3 is 5.32 Å². The normalized spacial score (nSPS) is 14.0. The summed E-state index contributed by atoms with van der Waals surface area (Å²) in [5.74, 6) is -0.176. The fraction of sp³-hybridized carbons (Fsp3) is 0.400. The Labute approximate surface area is 150 Å². The summed E-state index contributed by atoms with van der Waals surface area (Å²) in [5, 5.41) is 6.20. The quantitative estimate of drug-likeness (QED) is 0.804. The van der Waals surface area contributed by atoms with Crippen molar-refractivity contribution in [3.8, 4) is 0 Å². The van der Waals surface area contributed by atoms with E-state index in [0.29, 0.717) is 10.7 Å². The minimum Gasteiger partial charge on any atom is -0.362 e. The third kappa shape index (κ3) is 5.60. The molecule has 1 aromatic rings. The smallest absolute Gasteiger partial charge is 0.257 e. The first-order valence-electron chi connectivity index (χ1n) is 8.41. The number of hydrogen-bond acceptors (Lipinski definition) is 2. The summed E-state index contributed by atoms with van der Waals surface area (Å²) in [6.07, 6.45) is 9.74. The lowest BCUT2D eigenvalue weighted by Crippen LogP contribution is -2.39. The Morgan fingerprint density at radius 1 is 1.17 bits per heavy atom. The third-order valence-corrected chi connectivity index (χ3v) is 4.26. The second-order valence-corrected chi connectivity index (χ2v) is 7.45. The van der Waals surface area contributed by atoms with Gasteiger partial charge in [0.25, 0.3) is 5.91 Å². The summed E-state index contributed by atoms with van der Waals surface area (Å²) in [6, 6.07) is 7.67. The van der Waals surface area contributed by atoms with Gasteiger partial charge in [0, 0.05) is 12.1 Å². The predicted molar refractivity (Wildman–Crippen MR) is 104 cm³/mol. The second kappa shape index (κ2) is 8.25. The number of allylic oxidation sites excluding steroid dienone is 3. The fourth-order valence-electron chi connectivity index (χ4n) is 2.51. The fourth-order valence-corrected chi connectivity index (χ4v) is 2.71. The van der Waals surface area contributed by atoms with E-state index in [2.05, 4.69) is 49.6 Å². The van der Waals surface area contributed by atoms with E-state index in [1.807, 2.05) is 24.3 Å². The van der Waals surface area contributed by atoms with Crippen LogP contribution in [0.1, 0.15) is 56.0 Å². The van der Waals surface area contributed by atoms with E-state index >= 15 is 0 Å². The van der Waals surface area contributed by atoms with Crippen LogP contribution in [0.25, 0.3) is 0 Å². The van der Waals surface area contributed by atoms with Gasteiger partial charge in [-0.25, -0.2) is 0 Å². The molecule has 2 rings (SSSR count). The number of nitrogens with one attached hydrogen (secondary N) is 2. The summed E-state index contributed by atoms with van der Waals surface area (Å²) >= 11 is 5.20. The second-order valence-electron chi connectivity index (χ2n) is 7.05. The number of carbonyl (C=O) groups excluding carboxylic acids is 1. The Morgan fingerprint density at radius 3 is 2.46 bits per heavy atom. The van der Waals surface area contributed by atoms with Crippen molar-refractivity contribution in [2.45, 2.75) is 45.4 Å². The minimum atomic E-state index is -0.176. The SMILES string of the molecule is CC(C)(C)c1ccc(C(=O)NC(=S)NCCC2=CCCC=C2)cc1. The molecule has 0 aliphatic heterocycles. The molecule has 4 heteroatoms. The molecule has 0 aromatic heterocycles. The van der Waals surface area contributed by atoms with Gasteiger partial charge in [0.1, 0.15) is 0 Å². The van der Waals surface area contributed by atoms with Crippen LogP contribution in [0.4, 0.5) is 0 Å². The third-order valence-electron chi connectivity index (χ3n) is 4.01. The van der Waals surface area contributed by atoms with Crippen molar-refractivity contribution in [1.82, 2.24) is 10.6 Å². The van der Waals surface area contributed by atoms with Crippen molar-refractivity contribution in [1.29, 1.82) is 0 Å². The molecule has 0 saturated carbocycles. The molecule has 24 heavy (non-hydrogen) atoms. The lowest BCUT2D eigenvalue weighted by molar-refractivity contribution is 0.0976. The zero-order valence-electron chi connectivity index (χ0n) is 14.7. The molecule has 0 bridgehead atoms. The highest BCUT2D eigenvalue weighted by atomic mass is 32.1. The van der Waals surface area contributed by atoms with Crippen LogP contribution in [0.2, 0.25) is 0 Å². The van der Waals surface area contributed by atoms with Crippen molar-refractivity contribution in [3.63, 3.8) is 0 Å². The van der Waals surface area contributed by atoms with Crippen LogP contribution >= 0.6 is 12.2 Å². The zero-order valence-corrected chi connectivity index (χ0v) is 15.5. The molecule has 128 valence electrons. The predicted octanol–water partition coefficient (Wildman–Crippen LogP) is 4.25. The van der Waals surface area contributed by atoms with E-state index in [-0.39, 0.29) is 11.3 Å². The highest BCUT2D eigenvalue weighted by Gasteiger charge is 2.14. The van der Waals surface area contributed by atoms with Gasteiger partial charge in [0.2, 0.25) is 0 Å². The first kappa shape index (κ1) is 18.4. The van der Waals surface area contributed by atoms with Gasteiger partial charge in [0.05, 0.1) is 0 Å². The standard InChI is InChI=1S/C20H26N2OS/c1-20(2,3)17-11-9-16(10-12-17)18(23)22-19(24)21-14-13-15-7-5-4-6-8-15/h5,7-12H,4,6,13-14H2,1-3H3,(H2,21,22,23,24). The zero-order chi connectivity index (χ0) is 17.6. The first-order chi connectivity index (χ1) is 11.4. The average Bonchev–Trinajstić information content (AvgIpc) is 2.55. The maximum Gasteiger partial charge on any atom is 0.257 e. The molecular formula is C20H26N2OS. The molecule has 3 nitrogen and oxygen atoms in total. The largest absolute Gasteiger partial charge is 0.362 e. The van der Waals surface area contributed by atoms with E-state index in [1.54, 1.807) is 0 Å². The summed E-state index contributed by atoms with van der Waals surface area (Å²) in [6.45, 7) is 7.17. The van der Waals surface area contributed by atoms with Crippen molar-refractivity contribution in [3.05, 3.63) is 59.2 Å². The molecule has 0 spiro atoms. The molecule has 0 atom stereocenters. The molecule has 1 amide bonds. The van der Waals surface area contributed by atoms with Crippen molar-refractivity contribution in [2.75, 3.05) is 6.54 Å². The summed E-state index contributed by atoms with van der Waals surface area (Å²) in [5.41, 5.74) is 3.22. The minimum absolute atomic E-state index is 0.0775. The van der Waals surface area contributed by atoms with Crippen LogP contribution in [-0.4, -0.2) is 17.6 Å². The Kier molecular flexibility index (Phi) is 6.32. The number of amides is 1. The van der Waals surface area contributed by atoms with Crippen molar-refractivity contribution in [2.24, 2.45) is 0 Å². The van der Waals surface area contributed by atoms with Crippen LogP contribution in [-0.2, 0) is 5.41 Å². The Bertz CT molecular complexity index is 651. The summed E-state index contributed by atoms with van der Waals surface area (Å²) in [4.78, 5) is 12.2. The molecule has 0 unspecified atom stereocenters. The highest BCUT2D eigenvalue weighted by Crippen LogP contribution is 2.22. The number of carbonyl (C=O) groups is 1. The van der Waals surface area contributed by atoms with Gasteiger partial charge in [0.15, 0.2) is 5.11 Å². The summed E-state index contributed by atoms with van der Waals surface area (Å²) < 4.78 is 0. The topological polar surface area (TPSA) is 41.1 Å². The van der Waals surface area contributed by atoms with E-state index in [0.717, 1.165) is 25.8 Å². The molecule has 1 aliphatic carbocycles. The molecule has 0 radical (unpaired) electrons. The molecular weight excluding hydrogens is 316 g/mol. The van der Waals surface area contributed by atoms with Gasteiger partial charge in [-0.2, -0.15) is 0 Å². The number of benzene rings is 1. The molecule has 1 aliphatic rings. The van der Waals surface area contributed by atoms with Gasteiger partial charge in [-0.1, -0.05) is 56.7 Å². The molecule has 0 fully saturated rings. The van der Waals surface area contributed by atoms with Crippen molar-refractivity contribution < 1.29 is 4.79 Å². The number of rotatable bonds is 4. The van der Waals surface area contributed by atoms with Gasteiger partial charge in [-0.05, 0) is 54.6 Å². The summed E-state index contributed by atoms with van der Waals surface area (Å²) in [7, 11) is 0. The van der Waals surface area contributed by atoms with Crippen LogP contribution in [0.5, 0.6) is 0 Å². The average molecular weight is 343 g/mol. The maximum atomic E-state index is 12.2. The lowest BCUT2D eigenvalue weighted by atomic mass is 9.87. The lowest BCUT2D eigenvalue weighted by Gasteiger charge is -2.19. The van der Waals surface area contributed by atoms with Gasteiger partial charge >= 0.3 is 0 Å². The van der Waals surface area contributed by atoms with E-state index in [9.17, 15) is 4.79 Å². The molecule has 2 N–H and O–H groups in total. The van der Waals surface area contributed by atoms with E-state index in [1.165, 1.54) is 11.1 Å². The van der Waals surface area contributed by atoms with E-state index in [4.69, 9.17) is 12.2 Å². The van der Waals surface area contributed by atoms with Gasteiger partial charge in [-0.15, -0.1) is 0 Å². The maximum absolute atomic E-state index is 12.2. The van der Waals surface area contributed by atoms with Crippen LogP contribution < -0.4 is 10.6 Å². The molecule has 0 heterocycles. The van der Waals surface area contributed by atoms with Crippen LogP contribution in [0, 0.1) is 0 Å². The number of hydrogen-bond donors (Lipinski definition) is 2. The Hall–Kier alpha value is -1.94. The molecule has 1 aromatic carbocycles. The number of thiocarbonyl (C=S) groups is 1. The molecule has 0 saturated heterocycles. The van der Waals surface area contributed by atoms with Gasteiger partial charge in [-0.3, -0.25) is 10.1 Å². The van der Waals surface area contributed by atoms with Crippen LogP contribution in [0.3, 0.4) is 0 Å². The monoisotopic (exact) mass is 342 g/mol. The highest BCUT2D eigenvalue weighted by molar-refractivity contribution is 7.80.